The van der Waals surface area contributed by atoms with E-state index in [1.54, 1.807) is 0 Å². The van der Waals surface area contributed by atoms with Crippen LogP contribution in [0.1, 0.15) is 5.56 Å². The molecule has 0 spiro atoms. The van der Waals surface area contributed by atoms with Gasteiger partial charge in [-0.05, 0) is 23.8 Å². The van der Waals surface area contributed by atoms with Crippen molar-refractivity contribution in [3.63, 3.8) is 0 Å². The van der Waals surface area contributed by atoms with E-state index < -0.39 is 17.6 Å². The van der Waals surface area contributed by atoms with E-state index >= 15 is 0 Å². The first-order chi connectivity index (χ1) is 7.08. The average molecular weight is 211 g/mol. The lowest BCUT2D eigenvalue weighted by molar-refractivity contribution is -0.487. The van der Waals surface area contributed by atoms with Crippen molar-refractivity contribution in [2.75, 3.05) is 6.54 Å². The molecule has 1 aromatic carbocycles. The third-order valence-electron chi connectivity index (χ3n) is 1.72. The van der Waals surface area contributed by atoms with Crippen molar-refractivity contribution in [1.29, 1.82) is 0 Å². The molecule has 0 radical (unpaired) electrons. The highest BCUT2D eigenvalue weighted by molar-refractivity contribution is 5.49. The molecule has 0 unspecified atom stereocenters. The Bertz CT molecular complexity index is 361. The normalized spacial score (nSPS) is 12.9. The third kappa shape index (κ3) is 4.33. The molecule has 1 aromatic rings. The number of halogens is 1. The largest absolute Gasteiger partial charge is 0.382 e. The molecule has 0 saturated heterocycles. The van der Waals surface area contributed by atoms with Gasteiger partial charge in [0.25, 0.3) is 0 Å². The maximum atomic E-state index is 12.5. The Kier molecular flexibility index (Phi) is 3.93. The number of nitrogens with zero attached hydrogens (tertiary/aromatic N) is 1. The molecule has 0 aliphatic rings. The Balaban J connectivity index is 2.57. The SMILES string of the molecule is O=[N+]([O-])C[C@@H](O)/C=C/c1ccc(F)cc1. The topological polar surface area (TPSA) is 63.4 Å². The smallest absolute Gasteiger partial charge is 0.232 e. The summed E-state index contributed by atoms with van der Waals surface area (Å²) < 4.78 is 12.5. The molecule has 0 fully saturated rings. The molecule has 5 heteroatoms. The van der Waals surface area contributed by atoms with Crippen molar-refractivity contribution >= 4 is 6.08 Å². The Labute approximate surface area is 85.8 Å². The lowest BCUT2D eigenvalue weighted by atomic mass is 10.2. The molecule has 1 rings (SSSR count). The van der Waals surface area contributed by atoms with Crippen LogP contribution in [-0.4, -0.2) is 22.7 Å². The first-order valence-electron chi connectivity index (χ1n) is 4.31. The molecule has 15 heavy (non-hydrogen) atoms. The van der Waals surface area contributed by atoms with Gasteiger partial charge in [-0.3, -0.25) is 10.1 Å². The summed E-state index contributed by atoms with van der Waals surface area (Å²) in [6.07, 6.45) is 1.69. The molecule has 0 saturated carbocycles. The molecule has 0 amide bonds. The van der Waals surface area contributed by atoms with Gasteiger partial charge in [-0.15, -0.1) is 0 Å². The monoisotopic (exact) mass is 211 g/mol. The molecule has 0 bridgehead atoms. The second kappa shape index (κ2) is 5.21. The molecule has 0 aliphatic carbocycles. The lowest BCUT2D eigenvalue weighted by Crippen LogP contribution is -2.16. The van der Waals surface area contributed by atoms with E-state index in [1.165, 1.54) is 36.4 Å². The van der Waals surface area contributed by atoms with Crippen LogP contribution < -0.4 is 0 Å². The van der Waals surface area contributed by atoms with E-state index in [0.717, 1.165) is 0 Å². The van der Waals surface area contributed by atoms with E-state index in [0.29, 0.717) is 5.56 Å². The summed E-state index contributed by atoms with van der Waals surface area (Å²) in [4.78, 5) is 9.43. The van der Waals surface area contributed by atoms with Gasteiger partial charge >= 0.3 is 0 Å². The van der Waals surface area contributed by atoms with Crippen LogP contribution in [0.4, 0.5) is 4.39 Å². The highest BCUT2D eigenvalue weighted by Gasteiger charge is 2.06. The number of hydrogen-bond donors (Lipinski definition) is 1. The summed E-state index contributed by atoms with van der Waals surface area (Å²) in [6, 6.07) is 5.59. The summed E-state index contributed by atoms with van der Waals surface area (Å²) in [7, 11) is 0. The van der Waals surface area contributed by atoms with E-state index in [4.69, 9.17) is 5.11 Å². The highest BCUT2D eigenvalue weighted by Crippen LogP contribution is 2.05. The lowest BCUT2D eigenvalue weighted by Gasteiger charge is -1.98. The minimum Gasteiger partial charge on any atom is -0.382 e. The van der Waals surface area contributed by atoms with Crippen molar-refractivity contribution < 1.29 is 14.4 Å². The fourth-order valence-corrected chi connectivity index (χ4v) is 1.01. The number of aliphatic hydroxyl groups excluding tert-OH is 1. The van der Waals surface area contributed by atoms with Gasteiger partial charge in [-0.25, -0.2) is 4.39 Å². The van der Waals surface area contributed by atoms with Crippen LogP contribution in [0.15, 0.2) is 30.3 Å². The maximum Gasteiger partial charge on any atom is 0.232 e. The Morgan fingerprint density at radius 1 is 1.47 bits per heavy atom. The number of aliphatic hydroxyl groups is 1. The second-order valence-corrected chi connectivity index (χ2v) is 2.99. The van der Waals surface area contributed by atoms with Crippen LogP contribution in [0, 0.1) is 15.9 Å². The van der Waals surface area contributed by atoms with Gasteiger partial charge in [0.2, 0.25) is 6.54 Å². The predicted octanol–water partition coefficient (Wildman–Crippen LogP) is 1.48. The van der Waals surface area contributed by atoms with Gasteiger partial charge in [0.1, 0.15) is 11.9 Å². The fourth-order valence-electron chi connectivity index (χ4n) is 1.01. The maximum absolute atomic E-state index is 12.5. The van der Waals surface area contributed by atoms with Crippen LogP contribution in [0.25, 0.3) is 6.08 Å². The van der Waals surface area contributed by atoms with Crippen molar-refractivity contribution in [3.05, 3.63) is 51.8 Å². The number of nitro groups is 1. The molecule has 1 N–H and O–H groups in total. The Morgan fingerprint density at radius 2 is 2.07 bits per heavy atom. The van der Waals surface area contributed by atoms with Crippen molar-refractivity contribution in [3.8, 4) is 0 Å². The van der Waals surface area contributed by atoms with Crippen LogP contribution in [0.5, 0.6) is 0 Å². The van der Waals surface area contributed by atoms with Crippen molar-refractivity contribution in [2.24, 2.45) is 0 Å². The molecule has 1 atom stereocenters. The first-order valence-corrected chi connectivity index (χ1v) is 4.31. The quantitative estimate of drug-likeness (QED) is 0.606. The standard InChI is InChI=1S/C10H10FNO3/c11-9-4-1-8(2-5-9)3-6-10(13)7-12(14)15/h1-6,10,13H,7H2/b6-3+/t10-/m0/s1. The predicted molar refractivity (Wildman–Crippen MR) is 53.3 cm³/mol. The van der Waals surface area contributed by atoms with Gasteiger partial charge in [-0.2, -0.15) is 0 Å². The van der Waals surface area contributed by atoms with E-state index in [-0.39, 0.29) is 5.82 Å². The molecule has 80 valence electrons. The summed E-state index contributed by atoms with van der Waals surface area (Å²) in [5.41, 5.74) is 0.679. The first kappa shape index (κ1) is 11.3. The van der Waals surface area contributed by atoms with Gasteiger partial charge in [0, 0.05) is 4.92 Å². The Hall–Kier alpha value is -1.75. The zero-order valence-corrected chi connectivity index (χ0v) is 7.84. The molecule has 4 nitrogen and oxygen atoms in total. The van der Waals surface area contributed by atoms with Crippen LogP contribution >= 0.6 is 0 Å². The van der Waals surface area contributed by atoms with E-state index in [2.05, 4.69) is 0 Å². The Morgan fingerprint density at radius 3 is 2.60 bits per heavy atom. The van der Waals surface area contributed by atoms with Gasteiger partial charge in [0.15, 0.2) is 0 Å². The number of benzene rings is 1. The zero-order chi connectivity index (χ0) is 11.3. The fraction of sp³-hybridized carbons (Fsp3) is 0.200. The molecule has 0 aliphatic heterocycles. The van der Waals surface area contributed by atoms with Crippen molar-refractivity contribution in [2.45, 2.75) is 6.10 Å². The van der Waals surface area contributed by atoms with Crippen LogP contribution in [-0.2, 0) is 0 Å². The third-order valence-corrected chi connectivity index (χ3v) is 1.72. The molecule has 0 aromatic heterocycles. The van der Waals surface area contributed by atoms with Gasteiger partial charge in [-0.1, -0.05) is 18.2 Å². The highest BCUT2D eigenvalue weighted by atomic mass is 19.1. The summed E-state index contributed by atoms with van der Waals surface area (Å²) in [6.45, 7) is -0.530. The summed E-state index contributed by atoms with van der Waals surface area (Å²) >= 11 is 0. The van der Waals surface area contributed by atoms with E-state index in [9.17, 15) is 14.5 Å². The van der Waals surface area contributed by atoms with Crippen LogP contribution in [0.3, 0.4) is 0 Å². The number of rotatable bonds is 4. The molecular weight excluding hydrogens is 201 g/mol. The minimum absolute atomic E-state index is 0.349. The van der Waals surface area contributed by atoms with E-state index in [1.807, 2.05) is 0 Å². The summed E-state index contributed by atoms with van der Waals surface area (Å²) in [5, 5.41) is 19.2. The average Bonchev–Trinajstić information content (AvgIpc) is 2.16. The summed E-state index contributed by atoms with van der Waals surface area (Å²) in [5.74, 6) is -0.349. The molecular formula is C10H10FNO3. The molecule has 0 heterocycles. The minimum atomic E-state index is -1.12. The van der Waals surface area contributed by atoms with Crippen molar-refractivity contribution in [1.82, 2.24) is 0 Å². The zero-order valence-electron chi connectivity index (χ0n) is 7.84. The van der Waals surface area contributed by atoms with Gasteiger partial charge in [0.05, 0.1) is 0 Å². The van der Waals surface area contributed by atoms with Gasteiger partial charge < -0.3 is 5.11 Å². The number of hydrogen-bond acceptors (Lipinski definition) is 3. The van der Waals surface area contributed by atoms with Crippen LogP contribution in [0.2, 0.25) is 0 Å². The second-order valence-electron chi connectivity index (χ2n) is 2.99.